The molecule has 0 fully saturated rings. The number of phenolic OH excluding ortho intramolecular Hbond substituents is 1. The van der Waals surface area contributed by atoms with Gasteiger partial charge in [-0.05, 0) is 23.8 Å². The number of hydrogen-bond acceptors (Lipinski definition) is 4. The van der Waals surface area contributed by atoms with E-state index in [0.29, 0.717) is 16.8 Å². The summed E-state index contributed by atoms with van der Waals surface area (Å²) in [5.74, 6) is -1.01. The number of anilines is 1. The minimum absolute atomic E-state index is 0.00237. The third-order valence-corrected chi connectivity index (χ3v) is 2.66. The van der Waals surface area contributed by atoms with Crippen LogP contribution in [-0.2, 0) is 0 Å². The van der Waals surface area contributed by atoms with Gasteiger partial charge in [0.2, 0.25) is 0 Å². The second kappa shape index (κ2) is 5.22. The van der Waals surface area contributed by atoms with E-state index in [1.54, 1.807) is 30.3 Å². The fraction of sp³-hybridized carbons (Fsp3) is 0. The number of carboxylic acid groups (broad SMARTS) is 1. The number of nitrogens with one attached hydrogen (secondary N) is 1. The first-order chi connectivity index (χ1) is 9.13. The van der Waals surface area contributed by atoms with Gasteiger partial charge in [-0.15, -0.1) is 0 Å². The normalized spacial score (nSPS) is 9.89. The third-order valence-electron chi connectivity index (χ3n) is 2.66. The molecule has 2 rings (SSSR count). The highest BCUT2D eigenvalue weighted by atomic mass is 16.4. The summed E-state index contributed by atoms with van der Waals surface area (Å²) in [4.78, 5) is 10.9. The van der Waals surface area contributed by atoms with Gasteiger partial charge in [0.1, 0.15) is 5.75 Å². The number of aromatic hydroxyl groups is 1. The predicted molar refractivity (Wildman–Crippen MR) is 73.7 cm³/mol. The van der Waals surface area contributed by atoms with Crippen molar-refractivity contribution in [3.8, 4) is 16.9 Å². The summed E-state index contributed by atoms with van der Waals surface area (Å²) in [6.07, 6.45) is 0. The molecule has 0 spiro atoms. The number of nitrogens with zero attached hydrogens (tertiary/aromatic N) is 1. The Morgan fingerprint density at radius 1 is 1.21 bits per heavy atom. The summed E-state index contributed by atoms with van der Waals surface area (Å²) < 4.78 is 0. The van der Waals surface area contributed by atoms with E-state index in [4.69, 9.17) is 5.11 Å². The largest absolute Gasteiger partial charge is 0.505 e. The Labute approximate surface area is 109 Å². The van der Waals surface area contributed by atoms with Crippen molar-refractivity contribution in [2.75, 3.05) is 5.43 Å². The standard InChI is InChI=1S/C14H12N2O3/c1-15-16-12-7-3-6-11(13(12)17)9-4-2-5-10(8-9)14(18)19/h2-8,16-17H,1H2,(H,18,19). The smallest absolute Gasteiger partial charge is 0.335 e. The number of aromatic carboxylic acids is 1. The monoisotopic (exact) mass is 256 g/mol. The molecule has 0 aliphatic rings. The van der Waals surface area contributed by atoms with Crippen LogP contribution in [0, 0.1) is 0 Å². The third kappa shape index (κ3) is 2.55. The fourth-order valence-electron chi connectivity index (χ4n) is 1.77. The molecule has 0 aliphatic carbocycles. The zero-order valence-electron chi connectivity index (χ0n) is 10.00. The van der Waals surface area contributed by atoms with Crippen molar-refractivity contribution < 1.29 is 15.0 Å². The second-order valence-electron chi connectivity index (χ2n) is 3.86. The van der Waals surface area contributed by atoms with E-state index in [1.807, 2.05) is 0 Å². The Morgan fingerprint density at radius 3 is 2.63 bits per heavy atom. The van der Waals surface area contributed by atoms with Crippen LogP contribution in [-0.4, -0.2) is 22.9 Å². The average Bonchev–Trinajstić information content (AvgIpc) is 2.41. The molecule has 0 heterocycles. The van der Waals surface area contributed by atoms with Crippen LogP contribution < -0.4 is 5.43 Å². The molecule has 0 unspecified atom stereocenters. The van der Waals surface area contributed by atoms with Crippen LogP contribution in [0.1, 0.15) is 10.4 Å². The Hall–Kier alpha value is -2.82. The predicted octanol–water partition coefficient (Wildman–Crippen LogP) is 2.78. The van der Waals surface area contributed by atoms with Gasteiger partial charge < -0.3 is 10.2 Å². The van der Waals surface area contributed by atoms with Crippen molar-refractivity contribution in [1.29, 1.82) is 0 Å². The Balaban J connectivity index is 2.52. The molecule has 0 saturated heterocycles. The summed E-state index contributed by atoms with van der Waals surface area (Å²) in [6, 6.07) is 11.4. The van der Waals surface area contributed by atoms with Gasteiger partial charge in [0, 0.05) is 12.3 Å². The number of phenols is 1. The highest BCUT2D eigenvalue weighted by Crippen LogP contribution is 2.35. The van der Waals surface area contributed by atoms with Crippen LogP contribution in [0.2, 0.25) is 0 Å². The lowest BCUT2D eigenvalue weighted by molar-refractivity contribution is 0.0697. The minimum Gasteiger partial charge on any atom is -0.505 e. The molecule has 0 amide bonds. The Kier molecular flexibility index (Phi) is 3.47. The maximum atomic E-state index is 10.9. The summed E-state index contributed by atoms with van der Waals surface area (Å²) in [5.41, 5.74) is 4.29. The molecular formula is C14H12N2O3. The lowest BCUT2D eigenvalue weighted by atomic mass is 10.0. The lowest BCUT2D eigenvalue weighted by Gasteiger charge is -2.09. The van der Waals surface area contributed by atoms with Crippen LogP contribution >= 0.6 is 0 Å². The summed E-state index contributed by atoms with van der Waals surface area (Å²) >= 11 is 0. The number of carboxylic acids is 1. The summed E-state index contributed by atoms with van der Waals surface area (Å²) in [7, 11) is 0. The molecule has 2 aromatic carbocycles. The molecule has 0 radical (unpaired) electrons. The van der Waals surface area contributed by atoms with Crippen LogP contribution in [0.15, 0.2) is 47.6 Å². The molecule has 2 aromatic rings. The number of carbonyl (C=O) groups is 1. The summed E-state index contributed by atoms with van der Waals surface area (Å²) in [5, 5.41) is 22.6. The van der Waals surface area contributed by atoms with E-state index < -0.39 is 5.97 Å². The van der Waals surface area contributed by atoms with Crippen molar-refractivity contribution in [2.45, 2.75) is 0 Å². The minimum atomic E-state index is -1.01. The van der Waals surface area contributed by atoms with Gasteiger partial charge in [0.05, 0.1) is 11.3 Å². The number of hydrazone groups is 1. The van der Waals surface area contributed by atoms with Crippen LogP contribution in [0.5, 0.6) is 5.75 Å². The average molecular weight is 256 g/mol. The van der Waals surface area contributed by atoms with Gasteiger partial charge in [0.25, 0.3) is 0 Å². The highest BCUT2D eigenvalue weighted by molar-refractivity contribution is 5.90. The van der Waals surface area contributed by atoms with Crippen molar-refractivity contribution in [3.05, 3.63) is 48.0 Å². The van der Waals surface area contributed by atoms with Gasteiger partial charge in [-0.2, -0.15) is 5.10 Å². The number of para-hydroxylation sites is 1. The van der Waals surface area contributed by atoms with E-state index in [-0.39, 0.29) is 11.3 Å². The van der Waals surface area contributed by atoms with Crippen LogP contribution in [0.25, 0.3) is 11.1 Å². The number of hydrogen-bond donors (Lipinski definition) is 3. The van der Waals surface area contributed by atoms with E-state index in [2.05, 4.69) is 17.2 Å². The topological polar surface area (TPSA) is 81.9 Å². The number of rotatable bonds is 4. The Bertz CT molecular complexity index is 638. The zero-order valence-corrected chi connectivity index (χ0v) is 10.00. The van der Waals surface area contributed by atoms with Crippen molar-refractivity contribution in [1.82, 2.24) is 0 Å². The molecule has 0 aliphatic heterocycles. The molecule has 0 aromatic heterocycles. The fourth-order valence-corrected chi connectivity index (χ4v) is 1.77. The van der Waals surface area contributed by atoms with Gasteiger partial charge in [-0.25, -0.2) is 4.79 Å². The van der Waals surface area contributed by atoms with Crippen LogP contribution in [0.3, 0.4) is 0 Å². The molecule has 3 N–H and O–H groups in total. The molecular weight excluding hydrogens is 244 g/mol. The Morgan fingerprint density at radius 2 is 1.95 bits per heavy atom. The van der Waals surface area contributed by atoms with Gasteiger partial charge in [-0.3, -0.25) is 5.43 Å². The van der Waals surface area contributed by atoms with Crippen molar-refractivity contribution in [3.63, 3.8) is 0 Å². The molecule has 19 heavy (non-hydrogen) atoms. The van der Waals surface area contributed by atoms with E-state index in [9.17, 15) is 9.90 Å². The maximum Gasteiger partial charge on any atom is 0.335 e. The first kappa shape index (κ1) is 12.6. The first-order valence-electron chi connectivity index (χ1n) is 5.51. The van der Waals surface area contributed by atoms with Gasteiger partial charge in [-0.1, -0.05) is 24.3 Å². The number of benzene rings is 2. The van der Waals surface area contributed by atoms with Gasteiger partial charge >= 0.3 is 5.97 Å². The molecule has 5 heteroatoms. The van der Waals surface area contributed by atoms with Gasteiger partial charge in [0.15, 0.2) is 0 Å². The molecule has 5 nitrogen and oxygen atoms in total. The SMILES string of the molecule is C=NNc1cccc(-c2cccc(C(=O)O)c2)c1O. The quantitative estimate of drug-likeness (QED) is 0.446. The van der Waals surface area contributed by atoms with E-state index >= 15 is 0 Å². The summed E-state index contributed by atoms with van der Waals surface area (Å²) in [6.45, 7) is 3.29. The zero-order chi connectivity index (χ0) is 13.8. The highest BCUT2D eigenvalue weighted by Gasteiger charge is 2.10. The molecule has 0 bridgehead atoms. The second-order valence-corrected chi connectivity index (χ2v) is 3.86. The van der Waals surface area contributed by atoms with E-state index in [0.717, 1.165) is 0 Å². The lowest BCUT2D eigenvalue weighted by Crippen LogP contribution is -1.96. The van der Waals surface area contributed by atoms with Crippen molar-refractivity contribution >= 4 is 18.4 Å². The maximum absolute atomic E-state index is 10.9. The van der Waals surface area contributed by atoms with Crippen molar-refractivity contribution in [2.24, 2.45) is 5.10 Å². The van der Waals surface area contributed by atoms with E-state index in [1.165, 1.54) is 12.1 Å². The molecule has 0 atom stereocenters. The molecule has 0 saturated carbocycles. The van der Waals surface area contributed by atoms with Crippen LogP contribution in [0.4, 0.5) is 5.69 Å². The molecule has 96 valence electrons. The first-order valence-corrected chi connectivity index (χ1v) is 5.51.